The predicted octanol–water partition coefficient (Wildman–Crippen LogP) is 4.30. The van der Waals surface area contributed by atoms with Gasteiger partial charge < -0.3 is 25.3 Å². The quantitative estimate of drug-likeness (QED) is 0.305. The molecule has 0 radical (unpaired) electrons. The van der Waals surface area contributed by atoms with E-state index in [1.807, 2.05) is 54.6 Å². The molecule has 4 N–H and O–H groups in total. The van der Waals surface area contributed by atoms with Gasteiger partial charge >= 0.3 is 6.09 Å². The van der Waals surface area contributed by atoms with Gasteiger partial charge in [0.2, 0.25) is 11.7 Å². The highest BCUT2D eigenvalue weighted by molar-refractivity contribution is 6.00. The third-order valence-electron chi connectivity index (χ3n) is 6.80. The number of aromatic nitrogens is 2. The van der Waals surface area contributed by atoms with E-state index in [1.165, 1.54) is 4.57 Å². The van der Waals surface area contributed by atoms with Gasteiger partial charge in [0.05, 0.1) is 11.6 Å². The molecule has 0 saturated heterocycles. The van der Waals surface area contributed by atoms with Crippen LogP contribution in [0.25, 0.3) is 33.6 Å². The Bertz CT molecular complexity index is 1470. The minimum atomic E-state index is -1.04. The summed E-state index contributed by atoms with van der Waals surface area (Å²) in [5.41, 5.74) is 2.49. The van der Waals surface area contributed by atoms with Crippen molar-refractivity contribution in [1.82, 2.24) is 14.9 Å². The van der Waals surface area contributed by atoms with E-state index in [-0.39, 0.29) is 17.8 Å². The number of furan rings is 1. The lowest BCUT2D eigenvalue weighted by Gasteiger charge is -2.42. The van der Waals surface area contributed by atoms with Gasteiger partial charge in [-0.25, -0.2) is 4.79 Å². The molecule has 4 aromatic rings. The molecule has 2 aromatic carbocycles. The zero-order valence-electron chi connectivity index (χ0n) is 20.1. The number of aliphatic hydroxyl groups is 1. The smallest absolute Gasteiger partial charge is 0.405 e. The van der Waals surface area contributed by atoms with Gasteiger partial charge in [-0.2, -0.15) is 4.98 Å². The molecule has 0 aliphatic heterocycles. The fourth-order valence-electron chi connectivity index (χ4n) is 4.77. The lowest BCUT2D eigenvalue weighted by Crippen LogP contribution is -2.50. The summed E-state index contributed by atoms with van der Waals surface area (Å²) in [4.78, 5) is 29.4. The van der Waals surface area contributed by atoms with Crippen LogP contribution in [-0.2, 0) is 12.6 Å². The zero-order valence-corrected chi connectivity index (χ0v) is 20.1. The molecule has 1 aliphatic rings. The van der Waals surface area contributed by atoms with Crippen molar-refractivity contribution in [2.75, 3.05) is 11.9 Å². The van der Waals surface area contributed by atoms with Crippen LogP contribution in [0.15, 0.2) is 63.8 Å². The molecule has 9 nitrogen and oxygen atoms in total. The molecule has 1 unspecified atom stereocenters. The maximum atomic E-state index is 13.5. The van der Waals surface area contributed by atoms with Crippen molar-refractivity contribution in [3.8, 4) is 22.5 Å². The van der Waals surface area contributed by atoms with Crippen LogP contribution >= 0.6 is 0 Å². The summed E-state index contributed by atoms with van der Waals surface area (Å²) in [7, 11) is 1.63. The second kappa shape index (κ2) is 9.16. The zero-order chi connectivity index (χ0) is 25.4. The van der Waals surface area contributed by atoms with Crippen LogP contribution in [-0.4, -0.2) is 38.5 Å². The van der Waals surface area contributed by atoms with E-state index in [9.17, 15) is 19.8 Å². The predicted molar refractivity (Wildman–Crippen MR) is 137 cm³/mol. The van der Waals surface area contributed by atoms with E-state index in [0.717, 1.165) is 36.0 Å². The number of amides is 1. The second-order valence-corrected chi connectivity index (χ2v) is 9.33. The molecule has 1 aliphatic carbocycles. The molecule has 0 bridgehead atoms. The topological polar surface area (TPSA) is 130 Å². The van der Waals surface area contributed by atoms with Crippen molar-refractivity contribution in [3.63, 3.8) is 0 Å². The van der Waals surface area contributed by atoms with Gasteiger partial charge in [0.1, 0.15) is 11.1 Å². The van der Waals surface area contributed by atoms with E-state index in [0.29, 0.717) is 22.7 Å². The Hall–Kier alpha value is -4.11. The molecule has 1 amide bonds. The normalized spacial score (nSPS) is 15.3. The number of anilines is 1. The fraction of sp³-hybridized carbons (Fsp3) is 0.296. The van der Waals surface area contributed by atoms with Crippen LogP contribution in [0.3, 0.4) is 0 Å². The van der Waals surface area contributed by atoms with Gasteiger partial charge in [-0.3, -0.25) is 9.36 Å². The standard InChI is InChI=1S/C27H28N4O5/c1-16(32)15-28-25-29-23-21(24(33)31(25)2)20(17-7-4-3-5-8-17)22(36-23)18-9-11-19(12-10-18)27(13-6-14-27)30-26(34)35/h3-5,7-12,16,30,32H,6,13-15H2,1-2H3,(H,28,29)(H,34,35). The highest BCUT2D eigenvalue weighted by Crippen LogP contribution is 2.43. The molecular weight excluding hydrogens is 460 g/mol. The summed E-state index contributed by atoms with van der Waals surface area (Å²) in [5, 5.41) is 25.0. The molecule has 2 aromatic heterocycles. The first-order valence-electron chi connectivity index (χ1n) is 11.9. The summed E-state index contributed by atoms with van der Waals surface area (Å²) in [5.74, 6) is 0.809. The fourth-order valence-corrected chi connectivity index (χ4v) is 4.77. The highest BCUT2D eigenvalue weighted by Gasteiger charge is 2.40. The van der Waals surface area contributed by atoms with Crippen molar-refractivity contribution in [2.45, 2.75) is 37.8 Å². The molecule has 1 atom stereocenters. The van der Waals surface area contributed by atoms with Gasteiger partial charge in [-0.1, -0.05) is 54.6 Å². The minimum absolute atomic E-state index is 0.201. The van der Waals surface area contributed by atoms with Crippen LogP contribution in [0.5, 0.6) is 0 Å². The molecule has 1 fully saturated rings. The second-order valence-electron chi connectivity index (χ2n) is 9.33. The largest absolute Gasteiger partial charge is 0.465 e. The van der Waals surface area contributed by atoms with Gasteiger partial charge in [-0.05, 0) is 37.3 Å². The monoisotopic (exact) mass is 488 g/mol. The summed E-state index contributed by atoms with van der Waals surface area (Å²) in [6.45, 7) is 1.88. The maximum Gasteiger partial charge on any atom is 0.405 e. The van der Waals surface area contributed by atoms with Crippen molar-refractivity contribution in [1.29, 1.82) is 0 Å². The Labute approximate surface area is 207 Å². The third-order valence-corrected chi connectivity index (χ3v) is 6.80. The first kappa shape index (κ1) is 23.6. The average molecular weight is 489 g/mol. The number of rotatable bonds is 7. The van der Waals surface area contributed by atoms with Crippen LogP contribution < -0.4 is 16.2 Å². The van der Waals surface area contributed by atoms with E-state index >= 15 is 0 Å². The molecule has 36 heavy (non-hydrogen) atoms. The van der Waals surface area contributed by atoms with Gasteiger partial charge in [-0.15, -0.1) is 0 Å². The molecular formula is C27H28N4O5. The number of aliphatic hydroxyl groups excluding tert-OH is 1. The van der Waals surface area contributed by atoms with E-state index < -0.39 is 17.7 Å². The average Bonchev–Trinajstić information content (AvgIpc) is 3.23. The van der Waals surface area contributed by atoms with Gasteiger partial charge in [0.15, 0.2) is 0 Å². The highest BCUT2D eigenvalue weighted by atomic mass is 16.4. The van der Waals surface area contributed by atoms with Crippen LogP contribution in [0.2, 0.25) is 0 Å². The molecule has 1 saturated carbocycles. The summed E-state index contributed by atoms with van der Waals surface area (Å²) in [6.07, 6.45) is 0.813. The lowest BCUT2D eigenvalue weighted by atomic mass is 9.72. The number of nitrogens with one attached hydrogen (secondary N) is 2. The number of carboxylic acid groups (broad SMARTS) is 1. The Morgan fingerprint density at radius 3 is 2.42 bits per heavy atom. The molecule has 186 valence electrons. The maximum absolute atomic E-state index is 13.5. The number of carbonyl (C=O) groups is 1. The van der Waals surface area contributed by atoms with Crippen LogP contribution in [0.4, 0.5) is 10.7 Å². The van der Waals surface area contributed by atoms with Crippen LogP contribution in [0, 0.1) is 0 Å². The Balaban J connectivity index is 1.65. The summed E-state index contributed by atoms with van der Waals surface area (Å²) < 4.78 is 7.63. The first-order chi connectivity index (χ1) is 17.3. The van der Waals surface area contributed by atoms with Crippen molar-refractivity contribution >= 4 is 23.1 Å². The van der Waals surface area contributed by atoms with Crippen LogP contribution in [0.1, 0.15) is 31.7 Å². The molecule has 9 heteroatoms. The Morgan fingerprint density at radius 1 is 1.14 bits per heavy atom. The number of nitrogens with zero attached hydrogens (tertiary/aromatic N) is 2. The SMILES string of the molecule is CC(O)CNc1nc2oc(-c3ccc(C4(NC(=O)O)CCC4)cc3)c(-c3ccccc3)c2c(=O)n1C. The van der Waals surface area contributed by atoms with Crippen molar-refractivity contribution < 1.29 is 19.4 Å². The number of hydrogen-bond donors (Lipinski definition) is 4. The Kier molecular flexibility index (Phi) is 6.01. The minimum Gasteiger partial charge on any atom is -0.465 e. The summed E-state index contributed by atoms with van der Waals surface area (Å²) >= 11 is 0. The number of hydrogen-bond acceptors (Lipinski definition) is 6. The first-order valence-corrected chi connectivity index (χ1v) is 11.9. The van der Waals surface area contributed by atoms with E-state index in [4.69, 9.17) is 4.42 Å². The lowest BCUT2D eigenvalue weighted by molar-refractivity contribution is 0.144. The van der Waals surface area contributed by atoms with Crippen molar-refractivity contribution in [2.24, 2.45) is 7.05 Å². The van der Waals surface area contributed by atoms with Crippen molar-refractivity contribution in [3.05, 3.63) is 70.5 Å². The number of fused-ring (bicyclic) bond motifs is 1. The van der Waals surface area contributed by atoms with E-state index in [1.54, 1.807) is 14.0 Å². The third kappa shape index (κ3) is 4.11. The van der Waals surface area contributed by atoms with Gasteiger partial charge in [0, 0.05) is 24.7 Å². The molecule has 2 heterocycles. The number of benzene rings is 2. The van der Waals surface area contributed by atoms with E-state index in [2.05, 4.69) is 15.6 Å². The summed E-state index contributed by atoms with van der Waals surface area (Å²) in [6, 6.07) is 17.1. The Morgan fingerprint density at radius 2 is 1.83 bits per heavy atom. The molecule has 0 spiro atoms. The van der Waals surface area contributed by atoms with Gasteiger partial charge in [0.25, 0.3) is 5.56 Å². The molecule has 5 rings (SSSR count).